The summed E-state index contributed by atoms with van der Waals surface area (Å²) in [4.78, 5) is 15.2. The highest BCUT2D eigenvalue weighted by Gasteiger charge is 2.22. The molecule has 0 saturated heterocycles. The van der Waals surface area contributed by atoms with Crippen LogP contribution in [0.25, 0.3) is 17.1 Å². The minimum absolute atomic E-state index is 0.00104. The Morgan fingerprint density at radius 3 is 2.36 bits per heavy atom. The molecular formula is C26H25BrN4OS. The Hall–Kier alpha value is -3.03. The zero-order valence-corrected chi connectivity index (χ0v) is 21.2. The number of benzene rings is 3. The van der Waals surface area contributed by atoms with Crippen LogP contribution in [0.4, 0.5) is 5.69 Å². The quantitative estimate of drug-likeness (QED) is 0.269. The largest absolute Gasteiger partial charge is 0.308 e. The number of nitrogens with zero attached hydrogens (tertiary/aromatic N) is 4. The van der Waals surface area contributed by atoms with E-state index in [0.29, 0.717) is 10.6 Å². The molecule has 3 aromatic carbocycles. The van der Waals surface area contributed by atoms with E-state index in [4.69, 9.17) is 17.3 Å². The van der Waals surface area contributed by atoms with Gasteiger partial charge in [0.15, 0.2) is 5.82 Å². The molecule has 0 N–H and O–H groups in total. The van der Waals surface area contributed by atoms with E-state index in [1.807, 2.05) is 98.1 Å². The Bertz CT molecular complexity index is 1330. The molecule has 0 bridgehead atoms. The maximum Gasteiger partial charge on any atom is 0.249 e. The van der Waals surface area contributed by atoms with Crippen molar-refractivity contribution in [3.8, 4) is 17.1 Å². The highest BCUT2D eigenvalue weighted by molar-refractivity contribution is 9.10. The second kappa shape index (κ2) is 9.85. The van der Waals surface area contributed by atoms with E-state index in [-0.39, 0.29) is 18.5 Å². The molecule has 1 aromatic heterocycles. The van der Waals surface area contributed by atoms with Gasteiger partial charge < -0.3 is 4.90 Å². The van der Waals surface area contributed by atoms with E-state index in [2.05, 4.69) is 22.0 Å². The van der Waals surface area contributed by atoms with Crippen molar-refractivity contribution < 1.29 is 4.79 Å². The molecular weight excluding hydrogens is 496 g/mol. The minimum Gasteiger partial charge on any atom is -0.308 e. The van der Waals surface area contributed by atoms with Crippen LogP contribution in [0.15, 0.2) is 83.3 Å². The van der Waals surface area contributed by atoms with Crippen molar-refractivity contribution in [2.24, 2.45) is 0 Å². The highest BCUT2D eigenvalue weighted by atomic mass is 79.9. The Morgan fingerprint density at radius 1 is 1.03 bits per heavy atom. The van der Waals surface area contributed by atoms with Crippen molar-refractivity contribution in [3.63, 3.8) is 0 Å². The molecule has 0 aliphatic heterocycles. The SMILES string of the molecule is Cc1cccc(-n2c(-c3ccc(Br)cc3)nn(CC(=O)N(c3ccccc3)C(C)C)c2=S)c1. The van der Waals surface area contributed by atoms with E-state index < -0.39 is 0 Å². The van der Waals surface area contributed by atoms with Crippen LogP contribution in [0.1, 0.15) is 19.4 Å². The number of hydrogen-bond acceptors (Lipinski definition) is 3. The highest BCUT2D eigenvalue weighted by Crippen LogP contribution is 2.25. The molecule has 1 heterocycles. The maximum absolute atomic E-state index is 13.4. The van der Waals surface area contributed by atoms with Crippen LogP contribution in [-0.4, -0.2) is 26.3 Å². The third kappa shape index (κ3) is 4.99. The summed E-state index contributed by atoms with van der Waals surface area (Å²) in [5.74, 6) is 0.630. The molecule has 0 spiro atoms. The predicted molar refractivity (Wildman–Crippen MR) is 139 cm³/mol. The molecule has 4 rings (SSSR count). The molecule has 4 aromatic rings. The number of aromatic nitrogens is 3. The summed E-state index contributed by atoms with van der Waals surface area (Å²) in [5, 5.41) is 4.80. The number of rotatable bonds is 6. The second-order valence-electron chi connectivity index (χ2n) is 8.14. The second-order valence-corrected chi connectivity index (χ2v) is 9.42. The van der Waals surface area contributed by atoms with Crippen LogP contribution < -0.4 is 4.90 Å². The standard InChI is InChI=1S/C26H25BrN4OS/c1-18(2)30(22-9-5-4-6-10-22)24(32)17-29-26(33)31(23-11-7-8-19(3)16-23)25(28-29)20-12-14-21(27)15-13-20/h4-16,18H,17H2,1-3H3. The summed E-state index contributed by atoms with van der Waals surface area (Å²) in [6.07, 6.45) is 0. The molecule has 0 fully saturated rings. The zero-order chi connectivity index (χ0) is 23.5. The van der Waals surface area contributed by atoms with Crippen LogP contribution in [0.2, 0.25) is 0 Å². The normalized spacial score (nSPS) is 11.1. The number of para-hydroxylation sites is 1. The minimum atomic E-state index is -0.0662. The van der Waals surface area contributed by atoms with Crippen molar-refractivity contribution in [2.75, 3.05) is 4.90 Å². The van der Waals surface area contributed by atoms with E-state index in [1.165, 1.54) is 0 Å². The van der Waals surface area contributed by atoms with Gasteiger partial charge in [-0.2, -0.15) is 5.10 Å². The van der Waals surface area contributed by atoms with E-state index in [0.717, 1.165) is 27.0 Å². The van der Waals surface area contributed by atoms with Gasteiger partial charge in [0.1, 0.15) is 6.54 Å². The fourth-order valence-electron chi connectivity index (χ4n) is 3.82. The lowest BCUT2D eigenvalue weighted by Gasteiger charge is -2.26. The molecule has 1 amide bonds. The number of anilines is 1. The predicted octanol–water partition coefficient (Wildman–Crippen LogP) is 6.58. The van der Waals surface area contributed by atoms with Crippen molar-refractivity contribution in [1.29, 1.82) is 0 Å². The lowest BCUT2D eigenvalue weighted by atomic mass is 10.2. The number of hydrogen-bond donors (Lipinski definition) is 0. The molecule has 7 heteroatoms. The first-order valence-corrected chi connectivity index (χ1v) is 11.9. The van der Waals surface area contributed by atoms with E-state index >= 15 is 0 Å². The number of aryl methyl sites for hydroxylation is 1. The number of carbonyl (C=O) groups excluding carboxylic acids is 1. The van der Waals surface area contributed by atoms with Gasteiger partial charge in [-0.25, -0.2) is 4.68 Å². The molecule has 0 aliphatic carbocycles. The maximum atomic E-state index is 13.4. The lowest BCUT2D eigenvalue weighted by molar-refractivity contribution is -0.119. The molecule has 168 valence electrons. The topological polar surface area (TPSA) is 43.1 Å². The fourth-order valence-corrected chi connectivity index (χ4v) is 4.38. The Kier molecular flexibility index (Phi) is 6.91. The smallest absolute Gasteiger partial charge is 0.249 e. The van der Waals surface area contributed by atoms with Crippen LogP contribution in [0.5, 0.6) is 0 Å². The third-order valence-electron chi connectivity index (χ3n) is 5.31. The summed E-state index contributed by atoms with van der Waals surface area (Å²) in [7, 11) is 0. The molecule has 5 nitrogen and oxygen atoms in total. The van der Waals surface area contributed by atoms with Crippen LogP contribution in [0, 0.1) is 11.7 Å². The molecule has 0 aliphatic rings. The first-order chi connectivity index (χ1) is 15.8. The summed E-state index contributed by atoms with van der Waals surface area (Å²) in [6, 6.07) is 25.7. The van der Waals surface area contributed by atoms with Crippen molar-refractivity contribution >= 4 is 39.7 Å². The number of halogens is 1. The monoisotopic (exact) mass is 520 g/mol. The van der Waals surface area contributed by atoms with Gasteiger partial charge in [0.2, 0.25) is 10.7 Å². The Balaban J connectivity index is 1.79. The van der Waals surface area contributed by atoms with Gasteiger partial charge in [-0.3, -0.25) is 9.36 Å². The number of carbonyl (C=O) groups is 1. The summed E-state index contributed by atoms with van der Waals surface area (Å²) in [6.45, 7) is 6.10. The molecule has 33 heavy (non-hydrogen) atoms. The molecule has 0 saturated carbocycles. The van der Waals surface area contributed by atoms with Gasteiger partial charge in [0.05, 0.1) is 5.69 Å². The van der Waals surface area contributed by atoms with E-state index in [9.17, 15) is 4.79 Å². The summed E-state index contributed by atoms with van der Waals surface area (Å²) in [5.41, 5.74) is 3.81. The van der Waals surface area contributed by atoms with Gasteiger partial charge in [0, 0.05) is 21.8 Å². The fraction of sp³-hybridized carbons (Fsp3) is 0.192. The Labute approximate surface area is 207 Å². The average Bonchev–Trinajstić information content (AvgIpc) is 3.10. The zero-order valence-electron chi connectivity index (χ0n) is 18.8. The van der Waals surface area contributed by atoms with Gasteiger partial charge >= 0.3 is 0 Å². The van der Waals surface area contributed by atoms with Crippen LogP contribution >= 0.6 is 28.1 Å². The molecule has 0 unspecified atom stereocenters. The first kappa shape index (κ1) is 23.1. The van der Waals surface area contributed by atoms with Crippen molar-refractivity contribution in [1.82, 2.24) is 14.3 Å². The lowest BCUT2D eigenvalue weighted by Crippen LogP contribution is -2.39. The van der Waals surface area contributed by atoms with Gasteiger partial charge in [-0.1, -0.05) is 58.4 Å². The molecule has 0 radical (unpaired) electrons. The Morgan fingerprint density at radius 2 is 1.73 bits per heavy atom. The first-order valence-electron chi connectivity index (χ1n) is 10.7. The van der Waals surface area contributed by atoms with Crippen LogP contribution in [-0.2, 0) is 11.3 Å². The van der Waals surface area contributed by atoms with Crippen molar-refractivity contribution in [2.45, 2.75) is 33.4 Å². The average molecular weight is 521 g/mol. The van der Waals surface area contributed by atoms with E-state index in [1.54, 1.807) is 9.58 Å². The van der Waals surface area contributed by atoms with Crippen LogP contribution in [0.3, 0.4) is 0 Å². The number of amides is 1. The summed E-state index contributed by atoms with van der Waals surface area (Å²) < 4.78 is 5.01. The van der Waals surface area contributed by atoms with Gasteiger partial charge in [-0.15, -0.1) is 0 Å². The van der Waals surface area contributed by atoms with Gasteiger partial charge in [0.25, 0.3) is 0 Å². The van der Waals surface area contributed by atoms with Crippen molar-refractivity contribution in [3.05, 3.63) is 93.7 Å². The summed E-state index contributed by atoms with van der Waals surface area (Å²) >= 11 is 9.33. The third-order valence-corrected chi connectivity index (χ3v) is 6.23. The molecule has 0 atom stereocenters. The van der Waals surface area contributed by atoms with Gasteiger partial charge in [-0.05, 0) is 75.0 Å².